The monoisotopic (exact) mass is 213 g/mol. The molecule has 0 aromatic rings. The molecule has 4 N–H and O–H groups in total. The van der Waals surface area contributed by atoms with E-state index < -0.39 is 0 Å². The highest BCUT2D eigenvalue weighted by Gasteiger charge is 2.36. The van der Waals surface area contributed by atoms with E-state index in [-0.39, 0.29) is 17.4 Å². The molecule has 0 saturated carbocycles. The SMILES string of the molecule is CC1CCC(C(N)=O)CN1C(C)(C)CN. The fourth-order valence-electron chi connectivity index (χ4n) is 2.30. The largest absolute Gasteiger partial charge is 0.369 e. The van der Waals surface area contributed by atoms with Gasteiger partial charge in [-0.25, -0.2) is 0 Å². The maximum Gasteiger partial charge on any atom is 0.221 e. The molecule has 0 aromatic heterocycles. The van der Waals surface area contributed by atoms with Crippen molar-refractivity contribution in [2.45, 2.75) is 45.2 Å². The number of amides is 1. The molecule has 0 radical (unpaired) electrons. The van der Waals surface area contributed by atoms with Crippen molar-refractivity contribution in [3.8, 4) is 0 Å². The summed E-state index contributed by atoms with van der Waals surface area (Å²) in [7, 11) is 0. The lowest BCUT2D eigenvalue weighted by Crippen LogP contribution is -2.58. The van der Waals surface area contributed by atoms with Gasteiger partial charge in [0, 0.05) is 24.7 Å². The van der Waals surface area contributed by atoms with Crippen molar-refractivity contribution in [2.24, 2.45) is 17.4 Å². The van der Waals surface area contributed by atoms with E-state index in [1.807, 2.05) is 0 Å². The smallest absolute Gasteiger partial charge is 0.221 e. The van der Waals surface area contributed by atoms with Gasteiger partial charge in [0.2, 0.25) is 5.91 Å². The van der Waals surface area contributed by atoms with Crippen molar-refractivity contribution >= 4 is 5.91 Å². The predicted molar refractivity (Wildman–Crippen MR) is 61.2 cm³/mol. The molecule has 0 spiro atoms. The van der Waals surface area contributed by atoms with Crippen LogP contribution in [0.5, 0.6) is 0 Å². The lowest BCUT2D eigenvalue weighted by molar-refractivity contribution is -0.125. The highest BCUT2D eigenvalue weighted by molar-refractivity contribution is 5.77. The molecule has 0 aliphatic carbocycles. The van der Waals surface area contributed by atoms with E-state index >= 15 is 0 Å². The summed E-state index contributed by atoms with van der Waals surface area (Å²) in [6, 6.07) is 0.485. The van der Waals surface area contributed by atoms with Gasteiger partial charge in [-0.1, -0.05) is 0 Å². The van der Waals surface area contributed by atoms with Crippen LogP contribution in [-0.4, -0.2) is 35.5 Å². The van der Waals surface area contributed by atoms with E-state index in [1.54, 1.807) is 0 Å². The van der Waals surface area contributed by atoms with Crippen LogP contribution in [-0.2, 0) is 4.79 Å². The van der Waals surface area contributed by atoms with Gasteiger partial charge in [0.1, 0.15) is 0 Å². The van der Waals surface area contributed by atoms with Gasteiger partial charge < -0.3 is 11.5 Å². The molecule has 0 aromatic carbocycles. The van der Waals surface area contributed by atoms with Crippen LogP contribution in [0, 0.1) is 5.92 Å². The molecule has 1 aliphatic rings. The molecule has 1 fully saturated rings. The van der Waals surface area contributed by atoms with Gasteiger partial charge in [-0.15, -0.1) is 0 Å². The zero-order valence-corrected chi connectivity index (χ0v) is 9.99. The van der Waals surface area contributed by atoms with Crippen LogP contribution < -0.4 is 11.5 Å². The number of likely N-dealkylation sites (tertiary alicyclic amines) is 1. The Morgan fingerprint density at radius 1 is 1.47 bits per heavy atom. The maximum atomic E-state index is 11.2. The molecule has 4 nitrogen and oxygen atoms in total. The first-order valence-corrected chi connectivity index (χ1v) is 5.64. The van der Waals surface area contributed by atoms with E-state index in [1.165, 1.54) is 0 Å². The second-order valence-electron chi connectivity index (χ2n) is 5.19. The molecule has 1 heterocycles. The summed E-state index contributed by atoms with van der Waals surface area (Å²) in [6.07, 6.45) is 1.94. The maximum absolute atomic E-state index is 11.2. The Labute approximate surface area is 92.0 Å². The number of nitrogens with two attached hydrogens (primary N) is 2. The Bertz CT molecular complexity index is 240. The van der Waals surface area contributed by atoms with Gasteiger partial charge in [-0.2, -0.15) is 0 Å². The number of piperidine rings is 1. The van der Waals surface area contributed by atoms with Crippen LogP contribution in [0.15, 0.2) is 0 Å². The Morgan fingerprint density at radius 3 is 2.53 bits per heavy atom. The van der Waals surface area contributed by atoms with Crippen molar-refractivity contribution in [3.05, 3.63) is 0 Å². The van der Waals surface area contributed by atoms with E-state index in [2.05, 4.69) is 25.7 Å². The van der Waals surface area contributed by atoms with Gasteiger partial charge >= 0.3 is 0 Å². The molecule has 15 heavy (non-hydrogen) atoms. The first-order chi connectivity index (χ1) is 6.88. The lowest BCUT2D eigenvalue weighted by atomic mass is 9.88. The summed E-state index contributed by atoms with van der Waals surface area (Å²) < 4.78 is 0. The fourth-order valence-corrected chi connectivity index (χ4v) is 2.30. The third kappa shape index (κ3) is 2.69. The van der Waals surface area contributed by atoms with E-state index in [4.69, 9.17) is 11.5 Å². The first-order valence-electron chi connectivity index (χ1n) is 5.64. The minimum Gasteiger partial charge on any atom is -0.369 e. The molecule has 88 valence electrons. The van der Waals surface area contributed by atoms with Crippen LogP contribution in [0.3, 0.4) is 0 Å². The van der Waals surface area contributed by atoms with Crippen LogP contribution in [0.1, 0.15) is 33.6 Å². The van der Waals surface area contributed by atoms with Gasteiger partial charge in [-0.05, 0) is 33.6 Å². The fraction of sp³-hybridized carbons (Fsp3) is 0.909. The van der Waals surface area contributed by atoms with E-state index in [9.17, 15) is 4.79 Å². The molecular formula is C11H23N3O. The number of rotatable bonds is 3. The summed E-state index contributed by atoms with van der Waals surface area (Å²) in [5.41, 5.74) is 11.1. The van der Waals surface area contributed by atoms with Crippen LogP contribution in [0.2, 0.25) is 0 Å². The molecular weight excluding hydrogens is 190 g/mol. The Balaban J connectivity index is 2.73. The van der Waals surface area contributed by atoms with Crippen molar-refractivity contribution < 1.29 is 4.79 Å². The number of carbonyl (C=O) groups excluding carboxylic acids is 1. The molecule has 1 rings (SSSR count). The molecule has 1 aliphatic heterocycles. The third-order valence-electron chi connectivity index (χ3n) is 3.56. The van der Waals surface area contributed by atoms with Crippen LogP contribution in [0.4, 0.5) is 0 Å². The summed E-state index contributed by atoms with van der Waals surface area (Å²) in [6.45, 7) is 7.78. The van der Waals surface area contributed by atoms with Crippen molar-refractivity contribution in [2.75, 3.05) is 13.1 Å². The van der Waals surface area contributed by atoms with Gasteiger partial charge in [0.05, 0.1) is 5.92 Å². The third-order valence-corrected chi connectivity index (χ3v) is 3.56. The summed E-state index contributed by atoms with van der Waals surface area (Å²) in [4.78, 5) is 13.5. The van der Waals surface area contributed by atoms with Crippen molar-refractivity contribution in [3.63, 3.8) is 0 Å². The Kier molecular flexibility index (Phi) is 3.73. The molecule has 2 unspecified atom stereocenters. The number of nitrogens with zero attached hydrogens (tertiary/aromatic N) is 1. The van der Waals surface area contributed by atoms with E-state index in [0.29, 0.717) is 12.6 Å². The number of primary amides is 1. The average molecular weight is 213 g/mol. The predicted octanol–water partition coefficient (Wildman–Crippen LogP) is 0.310. The standard InChI is InChI=1S/C11H23N3O/c1-8-4-5-9(10(13)15)6-14(8)11(2,3)7-12/h8-9H,4-7,12H2,1-3H3,(H2,13,15). The molecule has 2 atom stereocenters. The zero-order valence-electron chi connectivity index (χ0n) is 9.99. The highest BCUT2D eigenvalue weighted by Crippen LogP contribution is 2.27. The van der Waals surface area contributed by atoms with Crippen LogP contribution in [0.25, 0.3) is 0 Å². The summed E-state index contributed by atoms with van der Waals surface area (Å²) >= 11 is 0. The molecule has 1 amide bonds. The molecule has 0 bridgehead atoms. The number of hydrogen-bond acceptors (Lipinski definition) is 3. The summed E-state index contributed by atoms with van der Waals surface area (Å²) in [5.74, 6) is -0.188. The highest BCUT2D eigenvalue weighted by atomic mass is 16.1. The Morgan fingerprint density at radius 2 is 2.07 bits per heavy atom. The lowest BCUT2D eigenvalue weighted by Gasteiger charge is -2.46. The second kappa shape index (κ2) is 4.49. The van der Waals surface area contributed by atoms with Crippen LogP contribution >= 0.6 is 0 Å². The second-order valence-corrected chi connectivity index (χ2v) is 5.19. The van der Waals surface area contributed by atoms with Gasteiger partial charge in [-0.3, -0.25) is 9.69 Å². The van der Waals surface area contributed by atoms with Gasteiger partial charge in [0.15, 0.2) is 0 Å². The summed E-state index contributed by atoms with van der Waals surface area (Å²) in [5, 5.41) is 0. The number of carbonyl (C=O) groups is 1. The van der Waals surface area contributed by atoms with Crippen molar-refractivity contribution in [1.29, 1.82) is 0 Å². The van der Waals surface area contributed by atoms with Crippen molar-refractivity contribution in [1.82, 2.24) is 4.90 Å². The topological polar surface area (TPSA) is 72.4 Å². The molecule has 4 heteroatoms. The zero-order chi connectivity index (χ0) is 11.6. The molecule has 1 saturated heterocycles. The minimum absolute atomic E-state index is 0.00738. The first kappa shape index (κ1) is 12.5. The number of hydrogen-bond donors (Lipinski definition) is 2. The normalized spacial score (nSPS) is 29.1. The minimum atomic E-state index is -0.181. The average Bonchev–Trinajstić information content (AvgIpc) is 2.17. The van der Waals surface area contributed by atoms with E-state index in [0.717, 1.165) is 19.4 Å². The van der Waals surface area contributed by atoms with Gasteiger partial charge in [0.25, 0.3) is 0 Å². The quantitative estimate of drug-likeness (QED) is 0.708. The Hall–Kier alpha value is -0.610.